The standard InChI is InChI=1S/C26H25N5O7S2/c1-13(32)38-10-15-11-39-24-19(23(34)30(24)20(15)25(35)36)29-22(33)21(17-12-40-26(27)28-17)31(37-2)18-9-5-7-14-6-3-4-8-16(14)18/h3-9,12,19,21,24H,10-11H2,1-2H3,(H2,27,28)(H,29,33)(H,35,36)/t19-,21?,24-/m1/s1. The second-order valence-corrected chi connectivity index (χ2v) is 10.9. The molecule has 4 N–H and O–H groups in total. The number of nitrogen functional groups attached to an aromatic ring is 1. The number of β-lactam (4-membered cyclic amide) rings is 1. The van der Waals surface area contributed by atoms with Crippen LogP contribution in [0.3, 0.4) is 0 Å². The van der Waals surface area contributed by atoms with Gasteiger partial charge in [0.05, 0.1) is 18.5 Å². The Labute approximate surface area is 236 Å². The maximum atomic E-state index is 13.9. The molecule has 0 saturated carbocycles. The number of nitrogens with one attached hydrogen (secondary N) is 1. The number of aromatic nitrogens is 1. The van der Waals surface area contributed by atoms with Gasteiger partial charge in [-0.3, -0.25) is 24.1 Å². The zero-order chi connectivity index (χ0) is 28.6. The van der Waals surface area contributed by atoms with Gasteiger partial charge in [0, 0.05) is 29.0 Å². The predicted octanol–water partition coefficient (Wildman–Crippen LogP) is 2.29. The lowest BCUT2D eigenvalue weighted by Gasteiger charge is -2.49. The Balaban J connectivity index is 1.44. The molecule has 0 aliphatic carbocycles. The van der Waals surface area contributed by atoms with Crippen LogP contribution < -0.4 is 16.1 Å². The Bertz CT molecular complexity index is 1540. The fraction of sp³-hybridized carbons (Fsp3) is 0.269. The smallest absolute Gasteiger partial charge is 0.352 e. The van der Waals surface area contributed by atoms with Gasteiger partial charge in [0.2, 0.25) is 0 Å². The Hall–Kier alpha value is -4.14. The van der Waals surface area contributed by atoms with E-state index in [4.69, 9.17) is 15.3 Å². The number of carboxylic acid groups (broad SMARTS) is 1. The third-order valence-electron chi connectivity index (χ3n) is 6.50. The van der Waals surface area contributed by atoms with Crippen molar-refractivity contribution in [3.05, 3.63) is 64.8 Å². The molecule has 2 aliphatic rings. The number of hydroxylamine groups is 1. The Morgan fingerprint density at radius 3 is 2.67 bits per heavy atom. The van der Waals surface area contributed by atoms with Crippen LogP contribution >= 0.6 is 23.1 Å². The van der Waals surface area contributed by atoms with Crippen LogP contribution in [-0.4, -0.2) is 69.6 Å². The number of ether oxygens (including phenoxy) is 1. The highest BCUT2D eigenvalue weighted by atomic mass is 32.2. The summed E-state index contributed by atoms with van der Waals surface area (Å²) in [5, 5.41) is 17.0. The van der Waals surface area contributed by atoms with Crippen LogP contribution in [0.15, 0.2) is 59.1 Å². The molecule has 1 unspecified atom stereocenters. The normalized spacial score (nSPS) is 19.1. The van der Waals surface area contributed by atoms with Gasteiger partial charge in [0.15, 0.2) is 11.2 Å². The predicted molar refractivity (Wildman–Crippen MR) is 149 cm³/mol. The van der Waals surface area contributed by atoms with Gasteiger partial charge in [-0.15, -0.1) is 23.1 Å². The largest absolute Gasteiger partial charge is 0.477 e. The van der Waals surface area contributed by atoms with Gasteiger partial charge in [0.1, 0.15) is 23.7 Å². The first kappa shape index (κ1) is 27.4. The number of nitrogens with zero attached hydrogens (tertiary/aromatic N) is 3. The average Bonchev–Trinajstić information content (AvgIpc) is 3.37. The van der Waals surface area contributed by atoms with Crippen molar-refractivity contribution in [3.8, 4) is 0 Å². The molecule has 2 aromatic carbocycles. The van der Waals surface area contributed by atoms with Gasteiger partial charge in [-0.25, -0.2) is 14.8 Å². The van der Waals surface area contributed by atoms with E-state index in [9.17, 15) is 24.3 Å². The van der Waals surface area contributed by atoms with E-state index in [-0.39, 0.29) is 23.2 Å². The molecule has 1 fully saturated rings. The summed E-state index contributed by atoms with van der Waals surface area (Å²) in [4.78, 5) is 61.5. The van der Waals surface area contributed by atoms with Crippen LogP contribution in [0.1, 0.15) is 18.7 Å². The molecule has 3 aromatic rings. The molecule has 208 valence electrons. The summed E-state index contributed by atoms with van der Waals surface area (Å²) >= 11 is 2.43. The third kappa shape index (κ3) is 4.96. The first-order chi connectivity index (χ1) is 19.2. The number of amides is 2. The molecule has 3 atom stereocenters. The molecule has 0 radical (unpaired) electrons. The van der Waals surface area contributed by atoms with Crippen LogP contribution in [0.2, 0.25) is 0 Å². The Morgan fingerprint density at radius 2 is 2.00 bits per heavy atom. The lowest BCUT2D eigenvalue weighted by atomic mass is 10.0. The summed E-state index contributed by atoms with van der Waals surface area (Å²) in [6.45, 7) is 0.979. The first-order valence-corrected chi connectivity index (χ1v) is 14.0. The fourth-order valence-electron chi connectivity index (χ4n) is 4.75. The average molecular weight is 584 g/mol. The second kappa shape index (κ2) is 11.2. The van der Waals surface area contributed by atoms with Crippen molar-refractivity contribution in [1.29, 1.82) is 0 Å². The number of benzene rings is 2. The second-order valence-electron chi connectivity index (χ2n) is 8.95. The highest BCUT2D eigenvalue weighted by Crippen LogP contribution is 2.41. The number of hydrogen-bond acceptors (Lipinski definition) is 11. The molecule has 5 rings (SSSR count). The lowest BCUT2D eigenvalue weighted by molar-refractivity contribution is -0.151. The molecule has 1 aromatic heterocycles. The summed E-state index contributed by atoms with van der Waals surface area (Å²) in [5.41, 5.74) is 6.89. The van der Waals surface area contributed by atoms with Crippen molar-refractivity contribution < 1.29 is 33.9 Å². The number of hydrogen-bond donors (Lipinski definition) is 3. The van der Waals surface area contributed by atoms with E-state index in [0.29, 0.717) is 17.0 Å². The lowest BCUT2D eigenvalue weighted by Crippen LogP contribution is -2.71. The summed E-state index contributed by atoms with van der Waals surface area (Å²) in [5.74, 6) is -2.84. The number of thiazole rings is 1. The van der Waals surface area contributed by atoms with Crippen molar-refractivity contribution in [2.75, 3.05) is 30.3 Å². The molecule has 12 nitrogen and oxygen atoms in total. The van der Waals surface area contributed by atoms with Crippen molar-refractivity contribution >= 4 is 68.4 Å². The molecule has 40 heavy (non-hydrogen) atoms. The van der Waals surface area contributed by atoms with Gasteiger partial charge in [-0.1, -0.05) is 36.4 Å². The topological polar surface area (TPSA) is 164 Å². The quantitative estimate of drug-likeness (QED) is 0.192. The summed E-state index contributed by atoms with van der Waals surface area (Å²) in [6, 6.07) is 11.1. The van der Waals surface area contributed by atoms with Crippen LogP contribution in [0.5, 0.6) is 0 Å². The van der Waals surface area contributed by atoms with E-state index in [1.54, 1.807) is 5.38 Å². The molecule has 0 spiro atoms. The number of carbonyl (C=O) groups excluding carboxylic acids is 3. The minimum absolute atomic E-state index is 0.210. The van der Waals surface area contributed by atoms with Gasteiger partial charge in [-0.2, -0.15) is 0 Å². The van der Waals surface area contributed by atoms with Crippen LogP contribution in [0, 0.1) is 0 Å². The van der Waals surface area contributed by atoms with E-state index in [1.165, 1.54) is 30.9 Å². The number of esters is 1. The number of anilines is 2. The summed E-state index contributed by atoms with van der Waals surface area (Å²) in [6.07, 6.45) is 0. The molecular weight excluding hydrogens is 558 g/mol. The van der Waals surface area contributed by atoms with E-state index in [2.05, 4.69) is 10.3 Å². The zero-order valence-electron chi connectivity index (χ0n) is 21.4. The summed E-state index contributed by atoms with van der Waals surface area (Å²) < 4.78 is 4.97. The number of carbonyl (C=O) groups is 4. The highest BCUT2D eigenvalue weighted by molar-refractivity contribution is 8.00. The Kier molecular flexibility index (Phi) is 7.65. The van der Waals surface area contributed by atoms with Crippen molar-refractivity contribution in [3.63, 3.8) is 0 Å². The maximum Gasteiger partial charge on any atom is 0.352 e. The van der Waals surface area contributed by atoms with Crippen molar-refractivity contribution in [2.24, 2.45) is 0 Å². The molecule has 14 heteroatoms. The fourth-order valence-corrected chi connectivity index (χ4v) is 6.65. The minimum atomic E-state index is -1.32. The van der Waals surface area contributed by atoms with Crippen molar-refractivity contribution in [2.45, 2.75) is 24.4 Å². The van der Waals surface area contributed by atoms with Crippen LogP contribution in [-0.2, 0) is 28.8 Å². The van der Waals surface area contributed by atoms with Gasteiger partial charge in [0.25, 0.3) is 11.8 Å². The monoisotopic (exact) mass is 583 g/mol. The number of thioether (sulfide) groups is 1. The molecule has 3 heterocycles. The number of rotatable bonds is 9. The van der Waals surface area contributed by atoms with Gasteiger partial charge >= 0.3 is 11.9 Å². The number of fused-ring (bicyclic) bond motifs is 2. The van der Waals surface area contributed by atoms with E-state index >= 15 is 0 Å². The molecule has 2 amide bonds. The van der Waals surface area contributed by atoms with Gasteiger partial charge < -0.3 is 20.9 Å². The summed E-state index contributed by atoms with van der Waals surface area (Å²) in [7, 11) is 1.43. The number of nitrogens with two attached hydrogens (primary N) is 1. The molecule has 1 saturated heterocycles. The Morgan fingerprint density at radius 1 is 1.25 bits per heavy atom. The number of carboxylic acids is 1. The zero-order valence-corrected chi connectivity index (χ0v) is 23.0. The van der Waals surface area contributed by atoms with Crippen molar-refractivity contribution in [1.82, 2.24) is 15.2 Å². The minimum Gasteiger partial charge on any atom is -0.477 e. The molecule has 2 aliphatic heterocycles. The van der Waals surface area contributed by atoms with E-state index in [1.807, 2.05) is 42.5 Å². The van der Waals surface area contributed by atoms with Crippen LogP contribution in [0.4, 0.5) is 10.8 Å². The SMILES string of the molecule is CON(c1cccc2ccccc12)C(C(=O)N[C@@H]1C(=O)N2C(C(=O)O)=C(COC(C)=O)CS[C@H]12)c1csc(N)n1. The van der Waals surface area contributed by atoms with Crippen LogP contribution in [0.25, 0.3) is 10.8 Å². The maximum absolute atomic E-state index is 13.9. The molecular formula is C26H25N5O7S2. The van der Waals surface area contributed by atoms with E-state index in [0.717, 1.165) is 27.0 Å². The van der Waals surface area contributed by atoms with Gasteiger partial charge in [-0.05, 0) is 11.5 Å². The first-order valence-electron chi connectivity index (χ1n) is 12.1. The molecule has 0 bridgehead atoms. The third-order valence-corrected chi connectivity index (χ3v) is 8.53. The highest BCUT2D eigenvalue weighted by Gasteiger charge is 2.55. The number of aliphatic carboxylic acids is 1. The van der Waals surface area contributed by atoms with E-state index < -0.39 is 41.2 Å².